The fraction of sp³-hybridized carbons (Fsp3) is 0.273. The number of carbonyl (C=O) groups is 2. The predicted molar refractivity (Wildman–Crippen MR) is 64.8 cm³/mol. The van der Waals surface area contributed by atoms with Crippen LogP contribution in [0.1, 0.15) is 22.8 Å². The fourth-order valence-corrected chi connectivity index (χ4v) is 1.98. The van der Waals surface area contributed by atoms with Crippen molar-refractivity contribution in [2.45, 2.75) is 13.8 Å². The highest BCUT2D eigenvalue weighted by Crippen LogP contribution is 2.18. The highest BCUT2D eigenvalue weighted by Gasteiger charge is 2.22. The monoisotopic (exact) mass is 336 g/mol. The lowest BCUT2D eigenvalue weighted by Gasteiger charge is -2.05. The van der Waals surface area contributed by atoms with Gasteiger partial charge in [0.25, 0.3) is 5.78 Å². The van der Waals surface area contributed by atoms with Crippen molar-refractivity contribution in [2.24, 2.45) is 0 Å². The quantitative estimate of drug-likeness (QED) is 0.369. The molecule has 86 valence electrons. The third-order valence-corrected chi connectivity index (χ3v) is 2.55. The average molecular weight is 336 g/mol. The molecule has 16 heavy (non-hydrogen) atoms. The van der Waals surface area contributed by atoms with E-state index in [1.807, 2.05) is 22.6 Å². The summed E-state index contributed by atoms with van der Waals surface area (Å²) in [6, 6.07) is 2.93. The summed E-state index contributed by atoms with van der Waals surface area (Å²) >= 11 is 1.95. The SMILES string of the molecule is CCOC(=O)C(=O)c1cc(I)cc(C)c1F. The smallest absolute Gasteiger partial charge is 0.379 e. The fourth-order valence-electron chi connectivity index (χ4n) is 1.20. The molecular weight excluding hydrogens is 326 g/mol. The van der Waals surface area contributed by atoms with Gasteiger partial charge in [0.2, 0.25) is 0 Å². The molecule has 1 aromatic carbocycles. The zero-order valence-corrected chi connectivity index (χ0v) is 11.0. The Morgan fingerprint density at radius 1 is 1.44 bits per heavy atom. The van der Waals surface area contributed by atoms with E-state index in [0.717, 1.165) is 0 Å². The number of ketones is 1. The summed E-state index contributed by atoms with van der Waals surface area (Å²) in [6.07, 6.45) is 0. The summed E-state index contributed by atoms with van der Waals surface area (Å²) in [5.41, 5.74) is 0.0994. The van der Waals surface area contributed by atoms with Crippen LogP contribution in [0.4, 0.5) is 4.39 Å². The summed E-state index contributed by atoms with van der Waals surface area (Å²) in [5.74, 6) is -2.64. The minimum atomic E-state index is -1.03. The van der Waals surface area contributed by atoms with E-state index >= 15 is 0 Å². The number of rotatable bonds is 3. The molecule has 0 aliphatic heterocycles. The van der Waals surface area contributed by atoms with Gasteiger partial charge in [0.05, 0.1) is 12.2 Å². The van der Waals surface area contributed by atoms with Crippen molar-refractivity contribution in [2.75, 3.05) is 6.61 Å². The number of esters is 1. The van der Waals surface area contributed by atoms with Crippen LogP contribution in [0.3, 0.4) is 0 Å². The van der Waals surface area contributed by atoms with E-state index in [1.165, 1.54) is 6.07 Å². The normalized spacial score (nSPS) is 10.0. The van der Waals surface area contributed by atoms with E-state index in [2.05, 4.69) is 4.74 Å². The van der Waals surface area contributed by atoms with Gasteiger partial charge in [-0.2, -0.15) is 0 Å². The van der Waals surface area contributed by atoms with Crippen LogP contribution in [-0.2, 0) is 9.53 Å². The molecule has 0 amide bonds. The number of hydrogen-bond donors (Lipinski definition) is 0. The molecule has 0 atom stereocenters. The second-order valence-electron chi connectivity index (χ2n) is 3.13. The second kappa shape index (κ2) is 5.38. The van der Waals surface area contributed by atoms with Crippen molar-refractivity contribution in [3.63, 3.8) is 0 Å². The Morgan fingerprint density at radius 2 is 2.06 bits per heavy atom. The lowest BCUT2D eigenvalue weighted by Crippen LogP contribution is -2.19. The molecule has 0 heterocycles. The number of Topliss-reactive ketones (excluding diaryl/α,β-unsaturated/α-hetero) is 1. The lowest BCUT2D eigenvalue weighted by molar-refractivity contribution is -0.137. The number of carbonyl (C=O) groups excluding carboxylic acids is 2. The third kappa shape index (κ3) is 2.78. The number of benzene rings is 1. The Balaban J connectivity index is 3.13. The first kappa shape index (κ1) is 13.1. The highest BCUT2D eigenvalue weighted by atomic mass is 127. The number of aryl methyl sites for hydroxylation is 1. The van der Waals surface area contributed by atoms with Crippen LogP contribution >= 0.6 is 22.6 Å². The summed E-state index contributed by atoms with van der Waals surface area (Å²) in [7, 11) is 0. The number of hydrogen-bond acceptors (Lipinski definition) is 3. The molecular formula is C11H10FIO3. The van der Waals surface area contributed by atoms with Crippen molar-refractivity contribution in [3.8, 4) is 0 Å². The van der Waals surface area contributed by atoms with Gasteiger partial charge >= 0.3 is 5.97 Å². The topological polar surface area (TPSA) is 43.4 Å². The van der Waals surface area contributed by atoms with E-state index < -0.39 is 17.6 Å². The molecule has 0 bridgehead atoms. The van der Waals surface area contributed by atoms with Gasteiger partial charge in [-0.1, -0.05) is 0 Å². The summed E-state index contributed by atoms with van der Waals surface area (Å²) in [4.78, 5) is 22.7. The van der Waals surface area contributed by atoms with Crippen LogP contribution in [0.25, 0.3) is 0 Å². The summed E-state index contributed by atoms with van der Waals surface area (Å²) in [6.45, 7) is 3.22. The third-order valence-electron chi connectivity index (χ3n) is 1.92. The Kier molecular flexibility index (Phi) is 4.40. The first-order valence-corrected chi connectivity index (χ1v) is 5.72. The van der Waals surface area contributed by atoms with Gasteiger partial charge in [0.15, 0.2) is 0 Å². The van der Waals surface area contributed by atoms with Crippen LogP contribution in [0.2, 0.25) is 0 Å². The average Bonchev–Trinajstić information content (AvgIpc) is 2.22. The molecule has 0 aliphatic rings. The zero-order chi connectivity index (χ0) is 12.3. The van der Waals surface area contributed by atoms with Gasteiger partial charge in [-0.15, -0.1) is 0 Å². The molecule has 0 spiro atoms. The van der Waals surface area contributed by atoms with Crippen LogP contribution in [0.5, 0.6) is 0 Å². The molecule has 0 aliphatic carbocycles. The molecule has 0 radical (unpaired) electrons. The minimum absolute atomic E-state index is 0.0924. The Hall–Kier alpha value is -0.980. The van der Waals surface area contributed by atoms with Gasteiger partial charge < -0.3 is 4.74 Å². The van der Waals surface area contributed by atoms with Crippen molar-refractivity contribution in [1.29, 1.82) is 0 Å². The first-order valence-electron chi connectivity index (χ1n) is 4.64. The molecule has 0 saturated carbocycles. The largest absolute Gasteiger partial charge is 0.460 e. The standard InChI is InChI=1S/C11H10FIO3/c1-3-16-11(15)10(14)8-5-7(13)4-6(2)9(8)12/h4-5H,3H2,1-2H3. The van der Waals surface area contributed by atoms with Gasteiger partial charge in [0.1, 0.15) is 5.82 Å². The van der Waals surface area contributed by atoms with Crippen LogP contribution in [-0.4, -0.2) is 18.4 Å². The lowest BCUT2D eigenvalue weighted by atomic mass is 10.1. The van der Waals surface area contributed by atoms with E-state index in [1.54, 1.807) is 19.9 Å². The Morgan fingerprint density at radius 3 is 2.62 bits per heavy atom. The molecule has 3 nitrogen and oxygen atoms in total. The summed E-state index contributed by atoms with van der Waals surface area (Å²) in [5, 5.41) is 0. The van der Waals surface area contributed by atoms with Gasteiger partial charge in [-0.25, -0.2) is 9.18 Å². The molecule has 1 rings (SSSR count). The van der Waals surface area contributed by atoms with Crippen molar-refractivity contribution in [3.05, 3.63) is 32.6 Å². The molecule has 0 N–H and O–H groups in total. The second-order valence-corrected chi connectivity index (χ2v) is 4.38. The maximum Gasteiger partial charge on any atom is 0.379 e. The first-order chi connectivity index (χ1) is 7.47. The molecule has 1 aromatic rings. The Labute approximate surface area is 106 Å². The number of ether oxygens (including phenoxy) is 1. The van der Waals surface area contributed by atoms with Crippen LogP contribution in [0.15, 0.2) is 12.1 Å². The van der Waals surface area contributed by atoms with E-state index in [0.29, 0.717) is 9.13 Å². The van der Waals surface area contributed by atoms with Gasteiger partial charge in [-0.3, -0.25) is 4.79 Å². The zero-order valence-electron chi connectivity index (χ0n) is 8.84. The van der Waals surface area contributed by atoms with Crippen LogP contribution in [0, 0.1) is 16.3 Å². The van der Waals surface area contributed by atoms with Crippen molar-refractivity contribution < 1.29 is 18.7 Å². The van der Waals surface area contributed by atoms with Gasteiger partial charge in [0, 0.05) is 3.57 Å². The molecule has 0 saturated heterocycles. The predicted octanol–water partition coefficient (Wildman–Crippen LogP) is 2.48. The number of halogens is 2. The molecule has 5 heteroatoms. The molecule has 0 fully saturated rings. The minimum Gasteiger partial charge on any atom is -0.460 e. The highest BCUT2D eigenvalue weighted by molar-refractivity contribution is 14.1. The maximum atomic E-state index is 13.6. The van der Waals surface area contributed by atoms with E-state index in [9.17, 15) is 14.0 Å². The maximum absolute atomic E-state index is 13.6. The Bertz CT molecular complexity index is 443. The molecule has 0 aromatic heterocycles. The van der Waals surface area contributed by atoms with Gasteiger partial charge in [-0.05, 0) is 54.1 Å². The van der Waals surface area contributed by atoms with Crippen LogP contribution < -0.4 is 0 Å². The summed E-state index contributed by atoms with van der Waals surface area (Å²) < 4.78 is 18.8. The van der Waals surface area contributed by atoms with Crippen molar-refractivity contribution in [1.82, 2.24) is 0 Å². The van der Waals surface area contributed by atoms with E-state index in [4.69, 9.17) is 0 Å². The molecule has 0 unspecified atom stereocenters. The van der Waals surface area contributed by atoms with Crippen molar-refractivity contribution >= 4 is 34.3 Å². The van der Waals surface area contributed by atoms with E-state index in [-0.39, 0.29) is 12.2 Å².